The Hall–Kier alpha value is -4.82. The molecular formula is C29H21F7N6O2. The number of hydrogen-bond donors (Lipinski definition) is 2. The van der Waals surface area contributed by atoms with Gasteiger partial charge in [0.25, 0.3) is 18.3 Å². The quantitative estimate of drug-likeness (QED) is 0.253. The van der Waals surface area contributed by atoms with Crippen LogP contribution < -0.4 is 11.1 Å². The number of rotatable bonds is 9. The summed E-state index contributed by atoms with van der Waals surface area (Å²) in [5.41, 5.74) is 3.53. The SMILES string of the molecule is NC(=O)c1cc(-c2cncnc2[C@H](Cc2cc(F)cc(F)c2)NC(=O)Cn2nc(C(F)F)c3c2C(F)(F)C2CC32)ccc1F. The Bertz CT molecular complexity index is 1790. The third kappa shape index (κ3) is 5.15. The normalized spacial score (nSPS) is 18.5. The lowest BCUT2D eigenvalue weighted by Gasteiger charge is -2.22. The molecule has 6 rings (SSSR count). The van der Waals surface area contributed by atoms with Crippen LogP contribution in [0.15, 0.2) is 48.9 Å². The van der Waals surface area contributed by atoms with E-state index in [-0.39, 0.29) is 40.8 Å². The molecule has 1 saturated carbocycles. The van der Waals surface area contributed by atoms with Crippen LogP contribution in [0.1, 0.15) is 63.4 Å². The molecule has 0 radical (unpaired) electrons. The minimum Gasteiger partial charge on any atom is -0.366 e. The number of nitrogens with zero attached hydrogens (tertiary/aromatic N) is 4. The molecular weight excluding hydrogens is 597 g/mol. The van der Waals surface area contributed by atoms with E-state index in [9.17, 15) is 31.5 Å². The Balaban J connectivity index is 1.37. The second-order valence-electron chi connectivity index (χ2n) is 10.7. The summed E-state index contributed by atoms with van der Waals surface area (Å²) in [6, 6.07) is 4.84. The van der Waals surface area contributed by atoms with Gasteiger partial charge in [0.1, 0.15) is 41.7 Å². The van der Waals surface area contributed by atoms with Crippen LogP contribution in [0.4, 0.5) is 30.7 Å². The summed E-state index contributed by atoms with van der Waals surface area (Å²) >= 11 is 0. The number of fused-ring (bicyclic) bond motifs is 3. The van der Waals surface area contributed by atoms with E-state index in [0.29, 0.717) is 10.7 Å². The highest BCUT2D eigenvalue weighted by Crippen LogP contribution is 2.68. The van der Waals surface area contributed by atoms with Gasteiger partial charge >= 0.3 is 0 Å². The number of nitrogens with two attached hydrogens (primary N) is 1. The molecule has 2 aliphatic rings. The fourth-order valence-corrected chi connectivity index (χ4v) is 5.85. The Labute approximate surface area is 244 Å². The number of primary amides is 1. The van der Waals surface area contributed by atoms with Gasteiger partial charge in [0.05, 0.1) is 17.3 Å². The Kier molecular flexibility index (Phi) is 7.13. The summed E-state index contributed by atoms with van der Waals surface area (Å²) in [5.74, 6) is -10.1. The zero-order valence-electron chi connectivity index (χ0n) is 22.4. The molecule has 2 amide bonds. The van der Waals surface area contributed by atoms with Gasteiger partial charge in [0.2, 0.25) is 5.91 Å². The number of carbonyl (C=O) groups excluding carboxylic acids is 2. The van der Waals surface area contributed by atoms with Gasteiger partial charge in [-0.2, -0.15) is 13.9 Å². The molecule has 0 aliphatic heterocycles. The zero-order valence-corrected chi connectivity index (χ0v) is 22.4. The average molecular weight is 619 g/mol. The summed E-state index contributed by atoms with van der Waals surface area (Å²) < 4.78 is 100. The third-order valence-corrected chi connectivity index (χ3v) is 7.77. The van der Waals surface area contributed by atoms with Gasteiger partial charge in [0.15, 0.2) is 0 Å². The predicted molar refractivity (Wildman–Crippen MR) is 139 cm³/mol. The van der Waals surface area contributed by atoms with Gasteiger partial charge in [-0.05, 0) is 54.2 Å². The predicted octanol–water partition coefficient (Wildman–Crippen LogP) is 5.10. The molecule has 2 heterocycles. The van der Waals surface area contributed by atoms with Gasteiger partial charge < -0.3 is 11.1 Å². The summed E-state index contributed by atoms with van der Waals surface area (Å²) in [7, 11) is 0. The summed E-state index contributed by atoms with van der Waals surface area (Å²) in [6.45, 7) is -0.874. The van der Waals surface area contributed by atoms with Crippen LogP contribution in [0, 0.1) is 23.4 Å². The van der Waals surface area contributed by atoms with Gasteiger partial charge in [-0.1, -0.05) is 6.07 Å². The van der Waals surface area contributed by atoms with Crippen LogP contribution in [0.2, 0.25) is 0 Å². The van der Waals surface area contributed by atoms with Crippen molar-refractivity contribution in [3.8, 4) is 11.1 Å². The standard InChI is InChI=1S/C29H21F7N6O2/c30-14-3-12(4-15(31)7-14)5-21(24-18(9-38-11-39-24)13-1-2-20(32)17(6-13)28(37)44)40-22(43)10-42-26-23(25(41-42)27(33)34)16-8-19(16)29(26,35)36/h1-4,6-7,9,11,16,19,21,27H,5,8,10H2,(H2,37,44)(H,40,43)/t16?,19?,21-/m0/s1. The first-order chi connectivity index (χ1) is 20.8. The van der Waals surface area contributed by atoms with E-state index in [1.807, 2.05) is 0 Å². The highest BCUT2D eigenvalue weighted by Gasteiger charge is 2.67. The van der Waals surface area contributed by atoms with E-state index >= 15 is 8.78 Å². The summed E-state index contributed by atoms with van der Waals surface area (Å²) in [6.07, 6.45) is -0.989. The molecule has 2 aromatic carbocycles. The molecule has 4 aromatic rings. The third-order valence-electron chi connectivity index (χ3n) is 7.77. The lowest BCUT2D eigenvalue weighted by molar-refractivity contribution is -0.123. The smallest absolute Gasteiger partial charge is 0.293 e. The average Bonchev–Trinajstić information content (AvgIpc) is 3.61. The maximum absolute atomic E-state index is 15.0. The molecule has 2 aliphatic carbocycles. The first-order valence-corrected chi connectivity index (χ1v) is 13.3. The number of halogens is 7. The number of amides is 2. The molecule has 2 unspecified atom stereocenters. The van der Waals surface area contributed by atoms with Crippen molar-refractivity contribution >= 4 is 11.8 Å². The molecule has 44 heavy (non-hydrogen) atoms. The van der Waals surface area contributed by atoms with Crippen LogP contribution in [-0.4, -0.2) is 31.6 Å². The van der Waals surface area contributed by atoms with Crippen molar-refractivity contribution in [3.63, 3.8) is 0 Å². The molecule has 3 N–H and O–H groups in total. The maximum Gasteiger partial charge on any atom is 0.293 e. The molecule has 3 atom stereocenters. The van der Waals surface area contributed by atoms with Gasteiger partial charge in [-0.15, -0.1) is 0 Å². The number of aromatic nitrogens is 4. The zero-order chi connectivity index (χ0) is 31.5. The van der Waals surface area contributed by atoms with Crippen LogP contribution in [0.3, 0.4) is 0 Å². The van der Waals surface area contributed by atoms with Gasteiger partial charge in [-0.25, -0.2) is 31.9 Å². The molecule has 15 heteroatoms. The fraction of sp³-hybridized carbons (Fsp3) is 0.276. The number of benzene rings is 2. The highest BCUT2D eigenvalue weighted by molar-refractivity contribution is 5.94. The molecule has 1 fully saturated rings. The van der Waals surface area contributed by atoms with Crippen molar-refractivity contribution in [1.82, 2.24) is 25.1 Å². The largest absolute Gasteiger partial charge is 0.366 e. The van der Waals surface area contributed by atoms with Crippen molar-refractivity contribution in [2.45, 2.75) is 43.7 Å². The van der Waals surface area contributed by atoms with Crippen molar-refractivity contribution < 1.29 is 40.3 Å². The van der Waals surface area contributed by atoms with Crippen LogP contribution in [-0.2, 0) is 23.7 Å². The number of carbonyl (C=O) groups is 2. The van der Waals surface area contributed by atoms with Crippen molar-refractivity contribution in [3.05, 3.63) is 100 Å². The first-order valence-electron chi connectivity index (χ1n) is 13.3. The lowest BCUT2D eigenvalue weighted by Crippen LogP contribution is -2.35. The summed E-state index contributed by atoms with van der Waals surface area (Å²) in [4.78, 5) is 33.2. The van der Waals surface area contributed by atoms with E-state index in [0.717, 1.165) is 30.6 Å². The van der Waals surface area contributed by atoms with Crippen LogP contribution >= 0.6 is 0 Å². The molecule has 228 valence electrons. The van der Waals surface area contributed by atoms with E-state index in [1.54, 1.807) is 0 Å². The van der Waals surface area contributed by atoms with Crippen LogP contribution in [0.25, 0.3) is 11.1 Å². The van der Waals surface area contributed by atoms with Crippen LogP contribution in [0.5, 0.6) is 0 Å². The van der Waals surface area contributed by atoms with E-state index in [2.05, 4.69) is 20.4 Å². The molecule has 2 aromatic heterocycles. The van der Waals surface area contributed by atoms with Gasteiger partial charge in [0, 0.05) is 29.3 Å². The minimum atomic E-state index is -3.46. The minimum absolute atomic E-state index is 0.0429. The van der Waals surface area contributed by atoms with E-state index < -0.39 is 83.0 Å². The first kappa shape index (κ1) is 29.3. The fourth-order valence-electron chi connectivity index (χ4n) is 5.85. The van der Waals surface area contributed by atoms with E-state index in [1.165, 1.54) is 12.3 Å². The number of nitrogens with one attached hydrogen (secondary N) is 1. The van der Waals surface area contributed by atoms with Gasteiger partial charge in [-0.3, -0.25) is 14.3 Å². The Morgan fingerprint density at radius 3 is 2.48 bits per heavy atom. The maximum atomic E-state index is 15.0. The highest BCUT2D eigenvalue weighted by atomic mass is 19.3. The molecule has 0 bridgehead atoms. The topological polar surface area (TPSA) is 116 Å². The monoisotopic (exact) mass is 618 g/mol. The molecule has 0 saturated heterocycles. The number of hydrogen-bond acceptors (Lipinski definition) is 5. The second kappa shape index (κ2) is 10.7. The molecule has 8 nitrogen and oxygen atoms in total. The number of alkyl halides is 4. The Morgan fingerprint density at radius 1 is 1.07 bits per heavy atom. The van der Waals surface area contributed by atoms with Crippen molar-refractivity contribution in [1.29, 1.82) is 0 Å². The lowest BCUT2D eigenvalue weighted by atomic mass is 9.95. The second-order valence-corrected chi connectivity index (χ2v) is 10.7. The van der Waals surface area contributed by atoms with E-state index in [4.69, 9.17) is 5.73 Å². The van der Waals surface area contributed by atoms with Crippen molar-refractivity contribution in [2.24, 2.45) is 11.7 Å². The Morgan fingerprint density at radius 2 is 1.80 bits per heavy atom. The molecule has 0 spiro atoms. The van der Waals surface area contributed by atoms with Crippen molar-refractivity contribution in [2.75, 3.05) is 0 Å². The summed E-state index contributed by atoms with van der Waals surface area (Å²) in [5, 5.41) is 6.23.